The molecular formula is C32H32N4O4S. The van der Waals surface area contributed by atoms with Crippen molar-refractivity contribution in [3.05, 3.63) is 125 Å². The molecule has 9 heteroatoms. The maximum Gasteiger partial charge on any atom is 0.264 e. The van der Waals surface area contributed by atoms with E-state index in [4.69, 9.17) is 0 Å². The molecule has 41 heavy (non-hydrogen) atoms. The van der Waals surface area contributed by atoms with Crippen molar-refractivity contribution in [1.82, 2.24) is 5.43 Å². The van der Waals surface area contributed by atoms with Crippen LogP contribution in [0, 0.1) is 6.92 Å². The number of nitrogens with zero attached hydrogens (tertiary/aromatic N) is 2. The molecule has 0 radical (unpaired) electrons. The smallest absolute Gasteiger partial charge is 0.264 e. The van der Waals surface area contributed by atoms with Gasteiger partial charge in [-0.1, -0.05) is 73.2 Å². The van der Waals surface area contributed by atoms with E-state index in [-0.39, 0.29) is 10.8 Å². The normalized spacial score (nSPS) is 11.5. The number of sulfonamides is 1. The second-order valence-electron chi connectivity index (χ2n) is 9.44. The Bertz CT molecular complexity index is 1650. The third-order valence-corrected chi connectivity index (χ3v) is 8.26. The van der Waals surface area contributed by atoms with Crippen LogP contribution in [0.25, 0.3) is 0 Å². The fraction of sp³-hybridized carbons (Fsp3) is 0.156. The Kier molecular flexibility index (Phi) is 9.31. The molecule has 0 unspecified atom stereocenters. The van der Waals surface area contributed by atoms with Crippen molar-refractivity contribution in [2.75, 3.05) is 16.2 Å². The molecule has 0 saturated carbocycles. The molecule has 8 nitrogen and oxygen atoms in total. The minimum Gasteiger partial charge on any atom is -0.322 e. The summed E-state index contributed by atoms with van der Waals surface area (Å²) in [5.41, 5.74) is 7.08. The average molecular weight is 569 g/mol. The highest BCUT2D eigenvalue weighted by Crippen LogP contribution is 2.27. The van der Waals surface area contributed by atoms with Gasteiger partial charge < -0.3 is 5.32 Å². The molecule has 0 fully saturated rings. The highest BCUT2D eigenvalue weighted by Gasteiger charge is 2.28. The summed E-state index contributed by atoms with van der Waals surface area (Å²) >= 11 is 0. The van der Waals surface area contributed by atoms with Gasteiger partial charge in [0.05, 0.1) is 16.3 Å². The van der Waals surface area contributed by atoms with Gasteiger partial charge in [-0.05, 0) is 73.9 Å². The number of benzene rings is 4. The summed E-state index contributed by atoms with van der Waals surface area (Å²) in [4.78, 5) is 25.5. The van der Waals surface area contributed by atoms with Crippen LogP contribution >= 0.6 is 0 Å². The van der Waals surface area contributed by atoms with Crippen LogP contribution in [0.5, 0.6) is 0 Å². The maximum absolute atomic E-state index is 13.7. The first kappa shape index (κ1) is 29.2. The van der Waals surface area contributed by atoms with E-state index >= 15 is 0 Å². The minimum atomic E-state index is -4.03. The van der Waals surface area contributed by atoms with E-state index in [9.17, 15) is 18.0 Å². The second kappa shape index (κ2) is 13.1. The standard InChI is InChI=1S/C32H32N4O4S/c1-4-25-10-8-9-13-30(25)36(41(39,40)29-20-14-23(2)15-21-29)22-31(37)35-34-24(3)26-16-18-28(19-17-26)33-32(38)27-11-6-5-7-12-27/h5-21H,4,22H2,1-3H3,(H,33,38)(H,35,37)/b34-24-. The molecule has 0 aromatic heterocycles. The van der Waals surface area contributed by atoms with Crippen LogP contribution in [0.4, 0.5) is 11.4 Å². The lowest BCUT2D eigenvalue weighted by molar-refractivity contribution is -0.119. The minimum absolute atomic E-state index is 0.0981. The van der Waals surface area contributed by atoms with E-state index in [0.717, 1.165) is 21.0 Å². The van der Waals surface area contributed by atoms with Gasteiger partial charge in [-0.15, -0.1) is 0 Å². The van der Waals surface area contributed by atoms with E-state index in [1.807, 2.05) is 32.0 Å². The van der Waals surface area contributed by atoms with Crippen LogP contribution in [0.2, 0.25) is 0 Å². The molecule has 0 aliphatic rings. The monoisotopic (exact) mass is 568 g/mol. The summed E-state index contributed by atoms with van der Waals surface area (Å²) < 4.78 is 28.5. The van der Waals surface area contributed by atoms with Crippen molar-refractivity contribution in [2.45, 2.75) is 32.1 Å². The molecule has 2 amide bonds. The maximum atomic E-state index is 13.7. The van der Waals surface area contributed by atoms with Gasteiger partial charge in [0.15, 0.2) is 0 Å². The van der Waals surface area contributed by atoms with Gasteiger partial charge in [0.25, 0.3) is 21.8 Å². The summed E-state index contributed by atoms with van der Waals surface area (Å²) in [7, 11) is -4.03. The summed E-state index contributed by atoms with van der Waals surface area (Å²) in [6.07, 6.45) is 0.594. The van der Waals surface area contributed by atoms with Gasteiger partial charge in [0.1, 0.15) is 6.54 Å². The summed E-state index contributed by atoms with van der Waals surface area (Å²) in [5.74, 6) is -0.802. The van der Waals surface area contributed by atoms with E-state index in [0.29, 0.717) is 29.1 Å². The number of para-hydroxylation sites is 1. The lowest BCUT2D eigenvalue weighted by atomic mass is 10.1. The van der Waals surface area contributed by atoms with E-state index in [1.165, 1.54) is 0 Å². The zero-order valence-electron chi connectivity index (χ0n) is 23.2. The molecule has 0 aliphatic heterocycles. The van der Waals surface area contributed by atoms with Gasteiger partial charge in [-0.2, -0.15) is 5.10 Å². The number of aryl methyl sites for hydroxylation is 2. The quantitative estimate of drug-likeness (QED) is 0.193. The van der Waals surface area contributed by atoms with Crippen molar-refractivity contribution in [3.8, 4) is 0 Å². The van der Waals surface area contributed by atoms with Crippen molar-refractivity contribution >= 4 is 38.9 Å². The van der Waals surface area contributed by atoms with Crippen molar-refractivity contribution in [2.24, 2.45) is 5.10 Å². The molecule has 0 bridgehead atoms. The van der Waals surface area contributed by atoms with Gasteiger partial charge in [0.2, 0.25) is 0 Å². The zero-order valence-corrected chi connectivity index (χ0v) is 24.0. The first-order valence-electron chi connectivity index (χ1n) is 13.2. The molecule has 0 atom stereocenters. The third-order valence-electron chi connectivity index (χ3n) is 6.48. The van der Waals surface area contributed by atoms with Gasteiger partial charge >= 0.3 is 0 Å². The molecule has 4 aromatic carbocycles. The lowest BCUT2D eigenvalue weighted by Crippen LogP contribution is -2.40. The SMILES string of the molecule is CCc1ccccc1N(CC(=O)N/N=C(/C)c1ccc(NC(=O)c2ccccc2)cc1)S(=O)(=O)c1ccc(C)cc1. The van der Waals surface area contributed by atoms with Crippen molar-refractivity contribution in [1.29, 1.82) is 0 Å². The summed E-state index contributed by atoms with van der Waals surface area (Å²) in [6.45, 7) is 5.09. The number of anilines is 2. The molecule has 4 aromatic rings. The van der Waals surface area contributed by atoms with Gasteiger partial charge in [-0.25, -0.2) is 13.8 Å². The lowest BCUT2D eigenvalue weighted by Gasteiger charge is -2.26. The summed E-state index contributed by atoms with van der Waals surface area (Å²) in [6, 6.07) is 29.6. The number of hydrogen-bond donors (Lipinski definition) is 2. The number of carbonyl (C=O) groups is 2. The summed E-state index contributed by atoms with van der Waals surface area (Å²) in [5, 5.41) is 7.04. The highest BCUT2D eigenvalue weighted by molar-refractivity contribution is 7.92. The topological polar surface area (TPSA) is 108 Å². The van der Waals surface area contributed by atoms with Crippen molar-refractivity contribution < 1.29 is 18.0 Å². The molecule has 210 valence electrons. The Hall–Kier alpha value is -4.76. The van der Waals surface area contributed by atoms with Crippen LogP contribution < -0.4 is 15.0 Å². The first-order chi connectivity index (χ1) is 19.7. The average Bonchev–Trinajstić information content (AvgIpc) is 2.99. The molecule has 2 N–H and O–H groups in total. The van der Waals surface area contributed by atoms with E-state index < -0.39 is 22.5 Å². The highest BCUT2D eigenvalue weighted by atomic mass is 32.2. The first-order valence-corrected chi connectivity index (χ1v) is 14.6. The number of hydrogen-bond acceptors (Lipinski definition) is 5. The zero-order chi connectivity index (χ0) is 29.4. The van der Waals surface area contributed by atoms with Crippen LogP contribution in [0.3, 0.4) is 0 Å². The Morgan fingerprint density at radius 2 is 1.44 bits per heavy atom. The number of amides is 2. The van der Waals surface area contributed by atoms with Crippen LogP contribution in [0.15, 0.2) is 113 Å². The van der Waals surface area contributed by atoms with Crippen LogP contribution in [0.1, 0.15) is 40.9 Å². The number of nitrogens with one attached hydrogen (secondary N) is 2. The number of carbonyl (C=O) groups excluding carboxylic acids is 2. The van der Waals surface area contributed by atoms with Crippen LogP contribution in [-0.2, 0) is 21.2 Å². The number of rotatable bonds is 10. The molecule has 0 heterocycles. The second-order valence-corrected chi connectivity index (χ2v) is 11.3. The molecule has 4 rings (SSSR count). The largest absolute Gasteiger partial charge is 0.322 e. The van der Waals surface area contributed by atoms with Crippen molar-refractivity contribution in [3.63, 3.8) is 0 Å². The molecule has 0 saturated heterocycles. The molecule has 0 aliphatic carbocycles. The Morgan fingerprint density at radius 3 is 2.10 bits per heavy atom. The fourth-order valence-electron chi connectivity index (χ4n) is 4.15. The fourth-order valence-corrected chi connectivity index (χ4v) is 5.61. The van der Waals surface area contributed by atoms with E-state index in [1.54, 1.807) is 91.9 Å². The molecule has 0 spiro atoms. The Labute approximate surface area is 240 Å². The van der Waals surface area contributed by atoms with E-state index in [2.05, 4.69) is 15.8 Å². The van der Waals surface area contributed by atoms with Crippen LogP contribution in [-0.4, -0.2) is 32.5 Å². The van der Waals surface area contributed by atoms with Gasteiger partial charge in [-0.3, -0.25) is 13.9 Å². The predicted molar refractivity (Wildman–Crippen MR) is 163 cm³/mol. The Morgan fingerprint density at radius 1 is 0.805 bits per heavy atom. The third kappa shape index (κ3) is 7.26. The Balaban J connectivity index is 1.49. The predicted octanol–water partition coefficient (Wildman–Crippen LogP) is 5.55. The number of hydrazone groups is 1. The molecular weight excluding hydrogens is 536 g/mol. The van der Waals surface area contributed by atoms with Gasteiger partial charge in [0, 0.05) is 11.3 Å².